The van der Waals surface area contributed by atoms with Gasteiger partial charge < -0.3 is 25.7 Å². The van der Waals surface area contributed by atoms with Gasteiger partial charge in [-0.1, -0.05) is 5.16 Å². The van der Waals surface area contributed by atoms with Crippen LogP contribution in [0.2, 0.25) is 0 Å². The van der Waals surface area contributed by atoms with E-state index in [2.05, 4.69) is 10.5 Å². The number of hydrogen-bond acceptors (Lipinski definition) is 5. The first kappa shape index (κ1) is 11.4. The molecule has 17 heavy (non-hydrogen) atoms. The molecule has 0 aromatic heterocycles. The van der Waals surface area contributed by atoms with Gasteiger partial charge in [-0.3, -0.25) is 0 Å². The lowest BCUT2D eigenvalue weighted by Gasteiger charge is -2.20. The number of amidine groups is 1. The van der Waals surface area contributed by atoms with Crippen molar-refractivity contribution in [2.24, 2.45) is 10.9 Å². The summed E-state index contributed by atoms with van der Waals surface area (Å²) < 4.78 is 10.9. The van der Waals surface area contributed by atoms with Gasteiger partial charge in [0.1, 0.15) is 13.2 Å². The number of ether oxygens (including phenoxy) is 2. The lowest BCUT2D eigenvalue weighted by molar-refractivity contribution is 0.171. The van der Waals surface area contributed by atoms with Crippen molar-refractivity contribution in [3.05, 3.63) is 18.2 Å². The van der Waals surface area contributed by atoms with E-state index in [4.69, 9.17) is 20.4 Å². The number of benzene rings is 1. The molecule has 0 saturated carbocycles. The van der Waals surface area contributed by atoms with Crippen LogP contribution in [0.3, 0.4) is 0 Å². The quantitative estimate of drug-likeness (QED) is 0.316. The zero-order valence-electron chi connectivity index (χ0n) is 9.51. The molecule has 92 valence electrons. The molecule has 1 aromatic carbocycles. The molecule has 1 atom stereocenters. The fraction of sp³-hybridized carbons (Fsp3) is 0.364. The number of hydrogen-bond donors (Lipinski definition) is 3. The van der Waals surface area contributed by atoms with Crippen molar-refractivity contribution in [1.29, 1.82) is 0 Å². The molecule has 1 aliphatic heterocycles. The maximum Gasteiger partial charge on any atom is 0.163 e. The normalized spacial score (nSPS) is 16.4. The van der Waals surface area contributed by atoms with E-state index in [1.54, 1.807) is 6.92 Å². The molecule has 1 aromatic rings. The molecular formula is C11H15N3O3. The molecule has 1 heterocycles. The molecule has 1 aliphatic rings. The van der Waals surface area contributed by atoms with Crippen LogP contribution in [-0.4, -0.2) is 30.3 Å². The van der Waals surface area contributed by atoms with Gasteiger partial charge >= 0.3 is 0 Å². The van der Waals surface area contributed by atoms with Crippen LogP contribution in [0, 0.1) is 0 Å². The predicted octanol–water partition coefficient (Wildman–Crippen LogP) is 1.00. The Morgan fingerprint density at radius 2 is 2.12 bits per heavy atom. The van der Waals surface area contributed by atoms with E-state index in [0.717, 1.165) is 11.4 Å². The summed E-state index contributed by atoms with van der Waals surface area (Å²) in [4.78, 5) is 0. The van der Waals surface area contributed by atoms with Gasteiger partial charge in [-0.05, 0) is 19.1 Å². The summed E-state index contributed by atoms with van der Waals surface area (Å²) in [6.45, 7) is 2.92. The summed E-state index contributed by atoms with van der Waals surface area (Å²) in [5.41, 5.74) is 6.31. The van der Waals surface area contributed by atoms with Crippen LogP contribution in [0.15, 0.2) is 23.4 Å². The van der Waals surface area contributed by atoms with Crippen molar-refractivity contribution >= 4 is 11.5 Å². The van der Waals surface area contributed by atoms with Crippen LogP contribution in [0.25, 0.3) is 0 Å². The Morgan fingerprint density at radius 3 is 2.82 bits per heavy atom. The molecule has 0 spiro atoms. The fourth-order valence-corrected chi connectivity index (χ4v) is 1.54. The summed E-state index contributed by atoms with van der Waals surface area (Å²) in [7, 11) is 0. The van der Waals surface area contributed by atoms with Gasteiger partial charge in [0.15, 0.2) is 17.3 Å². The van der Waals surface area contributed by atoms with Crippen molar-refractivity contribution < 1.29 is 14.7 Å². The molecule has 4 N–H and O–H groups in total. The fourth-order valence-electron chi connectivity index (χ4n) is 1.54. The van der Waals surface area contributed by atoms with Crippen LogP contribution in [0.1, 0.15) is 6.92 Å². The van der Waals surface area contributed by atoms with E-state index in [-0.39, 0.29) is 11.9 Å². The van der Waals surface area contributed by atoms with E-state index < -0.39 is 0 Å². The Kier molecular flexibility index (Phi) is 3.22. The molecule has 0 amide bonds. The maximum atomic E-state index is 8.55. The van der Waals surface area contributed by atoms with Crippen LogP contribution >= 0.6 is 0 Å². The number of nitrogens with zero attached hydrogens (tertiary/aromatic N) is 1. The minimum Gasteiger partial charge on any atom is -0.486 e. The van der Waals surface area contributed by atoms with Gasteiger partial charge in [0.25, 0.3) is 0 Å². The zero-order chi connectivity index (χ0) is 12.3. The Morgan fingerprint density at radius 1 is 1.41 bits per heavy atom. The average Bonchev–Trinajstić information content (AvgIpc) is 2.37. The van der Waals surface area contributed by atoms with E-state index in [9.17, 15) is 0 Å². The Labute approximate surface area is 99.0 Å². The highest BCUT2D eigenvalue weighted by molar-refractivity contribution is 5.87. The molecule has 0 fully saturated rings. The summed E-state index contributed by atoms with van der Waals surface area (Å²) in [5, 5.41) is 14.6. The molecule has 1 unspecified atom stereocenters. The van der Waals surface area contributed by atoms with Gasteiger partial charge in [0.05, 0.1) is 6.04 Å². The summed E-state index contributed by atoms with van der Waals surface area (Å²) in [6, 6.07) is 5.25. The van der Waals surface area contributed by atoms with Gasteiger partial charge in [-0.2, -0.15) is 0 Å². The topological polar surface area (TPSA) is 89.1 Å². The number of nitrogens with one attached hydrogen (secondary N) is 1. The molecule has 6 heteroatoms. The van der Waals surface area contributed by atoms with Crippen molar-refractivity contribution in [3.8, 4) is 11.5 Å². The summed E-state index contributed by atoms with van der Waals surface area (Å²) in [6.07, 6.45) is 0. The molecular weight excluding hydrogens is 222 g/mol. The van der Waals surface area contributed by atoms with Gasteiger partial charge in [-0.25, -0.2) is 0 Å². The number of nitrogens with two attached hydrogens (primary N) is 1. The first-order chi connectivity index (χ1) is 8.20. The third-order valence-corrected chi connectivity index (χ3v) is 2.48. The highest BCUT2D eigenvalue weighted by atomic mass is 16.6. The van der Waals surface area contributed by atoms with Gasteiger partial charge in [0, 0.05) is 11.8 Å². The van der Waals surface area contributed by atoms with Crippen LogP contribution in [-0.2, 0) is 0 Å². The number of anilines is 1. The standard InChI is InChI=1S/C11H15N3O3/c1-7(11(12)14-15)13-8-2-3-9-10(6-8)17-5-4-16-9/h2-3,6-7,13,15H,4-5H2,1H3,(H2,12,14). The minimum absolute atomic E-state index is 0.125. The molecule has 2 rings (SSSR count). The maximum absolute atomic E-state index is 8.55. The number of fused-ring (bicyclic) bond motifs is 1. The highest BCUT2D eigenvalue weighted by Gasteiger charge is 2.13. The van der Waals surface area contributed by atoms with Crippen molar-refractivity contribution in [2.75, 3.05) is 18.5 Å². The summed E-state index contributed by atoms with van der Waals surface area (Å²) in [5.74, 6) is 1.56. The summed E-state index contributed by atoms with van der Waals surface area (Å²) >= 11 is 0. The van der Waals surface area contributed by atoms with Crippen molar-refractivity contribution in [3.63, 3.8) is 0 Å². The number of oxime groups is 1. The molecule has 0 aliphatic carbocycles. The third kappa shape index (κ3) is 2.52. The van der Waals surface area contributed by atoms with Crippen LogP contribution < -0.4 is 20.5 Å². The van der Waals surface area contributed by atoms with Gasteiger partial charge in [-0.15, -0.1) is 0 Å². The molecule has 0 radical (unpaired) electrons. The van der Waals surface area contributed by atoms with Gasteiger partial charge in [0.2, 0.25) is 0 Å². The SMILES string of the molecule is CC(Nc1ccc2c(c1)OCCO2)C(N)=NO. The van der Waals surface area contributed by atoms with E-state index in [1.165, 1.54) is 0 Å². The second-order valence-electron chi connectivity index (χ2n) is 3.75. The zero-order valence-corrected chi connectivity index (χ0v) is 9.51. The smallest absolute Gasteiger partial charge is 0.163 e. The Hall–Kier alpha value is -2.11. The van der Waals surface area contributed by atoms with Crippen LogP contribution in [0.4, 0.5) is 5.69 Å². The highest BCUT2D eigenvalue weighted by Crippen LogP contribution is 2.32. The molecule has 0 bridgehead atoms. The minimum atomic E-state index is -0.262. The van der Waals surface area contributed by atoms with E-state index >= 15 is 0 Å². The van der Waals surface area contributed by atoms with Crippen molar-refractivity contribution in [1.82, 2.24) is 0 Å². The largest absolute Gasteiger partial charge is 0.486 e. The monoisotopic (exact) mass is 237 g/mol. The second kappa shape index (κ2) is 4.82. The Balaban J connectivity index is 2.12. The predicted molar refractivity (Wildman–Crippen MR) is 63.9 cm³/mol. The first-order valence-electron chi connectivity index (χ1n) is 5.34. The lowest BCUT2D eigenvalue weighted by atomic mass is 10.2. The van der Waals surface area contributed by atoms with E-state index in [1.807, 2.05) is 18.2 Å². The first-order valence-corrected chi connectivity index (χ1v) is 5.34. The Bertz CT molecular complexity index is 434. The number of rotatable bonds is 3. The average molecular weight is 237 g/mol. The van der Waals surface area contributed by atoms with Crippen LogP contribution in [0.5, 0.6) is 11.5 Å². The lowest BCUT2D eigenvalue weighted by Crippen LogP contribution is -2.32. The molecule has 6 nitrogen and oxygen atoms in total. The third-order valence-electron chi connectivity index (χ3n) is 2.48. The second-order valence-corrected chi connectivity index (χ2v) is 3.75. The molecule has 0 saturated heterocycles. The van der Waals surface area contributed by atoms with E-state index in [0.29, 0.717) is 19.0 Å². The van der Waals surface area contributed by atoms with Crippen molar-refractivity contribution in [2.45, 2.75) is 13.0 Å².